The number of rotatable bonds is 3. The number of hydrogen-bond donors (Lipinski definition) is 0. The van der Waals surface area contributed by atoms with E-state index in [4.69, 9.17) is 11.6 Å². The fourth-order valence-electron chi connectivity index (χ4n) is 1.61. The lowest BCUT2D eigenvalue weighted by molar-refractivity contribution is 0.445. The third kappa shape index (κ3) is 2.54. The molecule has 1 heterocycles. The van der Waals surface area contributed by atoms with Gasteiger partial charge in [-0.15, -0.1) is 22.9 Å². The van der Waals surface area contributed by atoms with Crippen molar-refractivity contribution in [3.63, 3.8) is 0 Å². The van der Waals surface area contributed by atoms with Gasteiger partial charge < -0.3 is 0 Å². The fourth-order valence-corrected chi connectivity index (χ4v) is 2.90. The maximum absolute atomic E-state index is 13.1. The van der Waals surface area contributed by atoms with E-state index in [1.165, 1.54) is 11.3 Å². The van der Waals surface area contributed by atoms with Crippen molar-refractivity contribution in [2.24, 2.45) is 0 Å². The Kier molecular flexibility index (Phi) is 3.97. The average Bonchev–Trinajstić information content (AvgIpc) is 2.83. The molecule has 18 heavy (non-hydrogen) atoms. The van der Waals surface area contributed by atoms with Crippen molar-refractivity contribution < 1.29 is 13.2 Å². The standard InChI is InChI=1S/C13H10ClF3S/c1-2-8-3-4-11(18-8)12(14)7-5-9(15)13(17)10(16)6-7/h3-6,12H,2H2,1H3. The van der Waals surface area contributed by atoms with Crippen LogP contribution >= 0.6 is 22.9 Å². The van der Waals surface area contributed by atoms with E-state index in [0.717, 1.165) is 28.3 Å². The lowest BCUT2D eigenvalue weighted by Crippen LogP contribution is -1.97. The molecule has 96 valence electrons. The van der Waals surface area contributed by atoms with Crippen molar-refractivity contribution in [3.05, 3.63) is 57.0 Å². The minimum atomic E-state index is -1.47. The molecule has 1 aromatic heterocycles. The van der Waals surface area contributed by atoms with Gasteiger partial charge in [-0.25, -0.2) is 13.2 Å². The Morgan fingerprint density at radius 1 is 1.17 bits per heavy atom. The van der Waals surface area contributed by atoms with Crippen molar-refractivity contribution in [3.8, 4) is 0 Å². The zero-order valence-corrected chi connectivity index (χ0v) is 11.1. The molecule has 0 radical (unpaired) electrons. The quantitative estimate of drug-likeness (QED) is 0.548. The van der Waals surface area contributed by atoms with Gasteiger partial charge in [-0.05, 0) is 36.2 Å². The van der Waals surface area contributed by atoms with E-state index >= 15 is 0 Å². The van der Waals surface area contributed by atoms with E-state index in [1.807, 2.05) is 19.1 Å². The highest BCUT2D eigenvalue weighted by atomic mass is 35.5. The van der Waals surface area contributed by atoms with Crippen LogP contribution < -0.4 is 0 Å². The Balaban J connectivity index is 2.36. The largest absolute Gasteiger partial charge is 0.204 e. The molecule has 0 aliphatic carbocycles. The van der Waals surface area contributed by atoms with E-state index in [9.17, 15) is 13.2 Å². The number of thiophene rings is 1. The number of benzene rings is 1. The monoisotopic (exact) mass is 290 g/mol. The van der Waals surface area contributed by atoms with Gasteiger partial charge in [0.05, 0.1) is 5.38 Å². The van der Waals surface area contributed by atoms with Crippen LogP contribution in [0.25, 0.3) is 0 Å². The van der Waals surface area contributed by atoms with Crippen LogP contribution in [0.2, 0.25) is 0 Å². The van der Waals surface area contributed by atoms with Crippen LogP contribution in [0.5, 0.6) is 0 Å². The lowest BCUT2D eigenvalue weighted by atomic mass is 10.1. The molecule has 5 heteroatoms. The van der Waals surface area contributed by atoms with Crippen molar-refractivity contribution in [2.45, 2.75) is 18.7 Å². The summed E-state index contributed by atoms with van der Waals surface area (Å²) in [7, 11) is 0. The minimum Gasteiger partial charge on any atom is -0.204 e. The summed E-state index contributed by atoms with van der Waals surface area (Å²) in [4.78, 5) is 1.93. The van der Waals surface area contributed by atoms with Gasteiger partial charge in [-0.1, -0.05) is 6.92 Å². The summed E-state index contributed by atoms with van der Waals surface area (Å²) < 4.78 is 39.1. The lowest BCUT2D eigenvalue weighted by Gasteiger charge is -2.08. The molecule has 0 saturated heterocycles. The smallest absolute Gasteiger partial charge is 0.194 e. The third-order valence-electron chi connectivity index (χ3n) is 2.58. The summed E-state index contributed by atoms with van der Waals surface area (Å²) in [5, 5.41) is -0.667. The Bertz CT molecular complexity index is 542. The summed E-state index contributed by atoms with van der Waals surface area (Å²) in [5.41, 5.74) is 0.220. The van der Waals surface area contributed by atoms with E-state index < -0.39 is 22.8 Å². The molecule has 2 rings (SSSR count). The van der Waals surface area contributed by atoms with Gasteiger partial charge in [-0.2, -0.15) is 0 Å². The Labute approximate surface area is 112 Å². The molecule has 1 atom stereocenters. The Morgan fingerprint density at radius 2 is 1.78 bits per heavy atom. The van der Waals surface area contributed by atoms with E-state index in [-0.39, 0.29) is 5.56 Å². The molecule has 0 amide bonds. The summed E-state index contributed by atoms with van der Waals surface area (Å²) in [5.74, 6) is -3.91. The molecule has 0 aliphatic rings. The van der Waals surface area contributed by atoms with Gasteiger partial charge in [0.15, 0.2) is 17.5 Å². The van der Waals surface area contributed by atoms with Crippen molar-refractivity contribution in [1.29, 1.82) is 0 Å². The second-order valence-electron chi connectivity index (χ2n) is 3.82. The summed E-state index contributed by atoms with van der Waals surface area (Å²) >= 11 is 7.63. The highest BCUT2D eigenvalue weighted by Gasteiger charge is 2.18. The van der Waals surface area contributed by atoms with Crippen LogP contribution in [0.3, 0.4) is 0 Å². The number of aryl methyl sites for hydroxylation is 1. The first-order valence-corrected chi connectivity index (χ1v) is 6.65. The molecule has 0 bridgehead atoms. The average molecular weight is 291 g/mol. The van der Waals surface area contributed by atoms with Gasteiger partial charge in [0.25, 0.3) is 0 Å². The van der Waals surface area contributed by atoms with Gasteiger partial charge in [0, 0.05) is 9.75 Å². The predicted octanol–water partition coefficient (Wildman–Crippen LogP) is 5.06. The zero-order chi connectivity index (χ0) is 13.3. The summed E-state index contributed by atoms with van der Waals surface area (Å²) in [6.07, 6.45) is 0.875. The molecule has 0 nitrogen and oxygen atoms in total. The predicted molar refractivity (Wildman–Crippen MR) is 67.7 cm³/mol. The van der Waals surface area contributed by atoms with Crippen LogP contribution in [-0.4, -0.2) is 0 Å². The first kappa shape index (κ1) is 13.4. The number of hydrogen-bond acceptors (Lipinski definition) is 1. The number of halogens is 4. The van der Waals surface area contributed by atoms with E-state index in [0.29, 0.717) is 0 Å². The summed E-state index contributed by atoms with van der Waals surface area (Å²) in [6, 6.07) is 5.61. The molecule has 2 aromatic rings. The van der Waals surface area contributed by atoms with Crippen molar-refractivity contribution in [2.75, 3.05) is 0 Å². The topological polar surface area (TPSA) is 0 Å². The molecule has 0 N–H and O–H groups in total. The molecule has 1 unspecified atom stereocenters. The zero-order valence-electron chi connectivity index (χ0n) is 9.51. The number of alkyl halides is 1. The molecule has 0 saturated carbocycles. The molecule has 0 spiro atoms. The van der Waals surface area contributed by atoms with Gasteiger partial charge in [0.2, 0.25) is 0 Å². The molecule has 1 aromatic carbocycles. The molecule has 0 fully saturated rings. The highest BCUT2D eigenvalue weighted by Crippen LogP contribution is 2.34. The first-order valence-electron chi connectivity index (χ1n) is 5.40. The van der Waals surface area contributed by atoms with Gasteiger partial charge >= 0.3 is 0 Å². The fraction of sp³-hybridized carbons (Fsp3) is 0.231. The highest BCUT2D eigenvalue weighted by molar-refractivity contribution is 7.12. The van der Waals surface area contributed by atoms with Crippen LogP contribution in [0.4, 0.5) is 13.2 Å². The molecular formula is C13H10ClF3S. The van der Waals surface area contributed by atoms with E-state index in [2.05, 4.69) is 0 Å². The SMILES string of the molecule is CCc1ccc(C(Cl)c2cc(F)c(F)c(F)c2)s1. The van der Waals surface area contributed by atoms with Crippen LogP contribution in [0, 0.1) is 17.5 Å². The Morgan fingerprint density at radius 3 is 2.28 bits per heavy atom. The molecular weight excluding hydrogens is 281 g/mol. The van der Waals surface area contributed by atoms with Gasteiger partial charge in [0.1, 0.15) is 0 Å². The first-order chi connectivity index (χ1) is 8.52. The van der Waals surface area contributed by atoms with Crippen LogP contribution in [0.1, 0.15) is 27.6 Å². The summed E-state index contributed by atoms with van der Waals surface area (Å²) in [6.45, 7) is 2.01. The maximum Gasteiger partial charge on any atom is 0.194 e. The van der Waals surface area contributed by atoms with Crippen LogP contribution in [0.15, 0.2) is 24.3 Å². The van der Waals surface area contributed by atoms with Crippen molar-refractivity contribution in [1.82, 2.24) is 0 Å². The third-order valence-corrected chi connectivity index (χ3v) is 4.49. The van der Waals surface area contributed by atoms with Crippen LogP contribution in [-0.2, 0) is 6.42 Å². The second-order valence-corrected chi connectivity index (χ2v) is 5.46. The normalized spacial score (nSPS) is 12.7. The maximum atomic E-state index is 13.1. The minimum absolute atomic E-state index is 0.220. The van der Waals surface area contributed by atoms with Crippen molar-refractivity contribution >= 4 is 22.9 Å². The Hall–Kier alpha value is -1.00. The molecule has 0 aliphatic heterocycles. The van der Waals surface area contributed by atoms with E-state index in [1.54, 1.807) is 0 Å². The second kappa shape index (κ2) is 5.33. The van der Waals surface area contributed by atoms with Gasteiger partial charge in [-0.3, -0.25) is 0 Å².